The van der Waals surface area contributed by atoms with Gasteiger partial charge in [0.15, 0.2) is 6.10 Å². The van der Waals surface area contributed by atoms with Crippen molar-refractivity contribution in [2.75, 3.05) is 10.0 Å². The van der Waals surface area contributed by atoms with Gasteiger partial charge in [-0.3, -0.25) is 14.2 Å². The molecule has 3 rings (SSSR count). The van der Waals surface area contributed by atoms with Crippen molar-refractivity contribution in [1.29, 1.82) is 0 Å². The van der Waals surface area contributed by atoms with E-state index in [0.717, 1.165) is 0 Å². The van der Waals surface area contributed by atoms with E-state index in [1.54, 1.807) is 40.0 Å². The Morgan fingerprint density at radius 2 is 2.04 bits per heavy atom. The zero-order valence-corrected chi connectivity index (χ0v) is 14.6. The molecule has 2 aromatic rings. The van der Waals surface area contributed by atoms with E-state index in [9.17, 15) is 13.2 Å². The standard InChI is InChI=1S/C15H18N4O4S/c1-8-14(9(2)19(4)17-8)24(21,22)18-11-5-6-13-12(7-11)16-15(20)10(3)23-13/h5-7,10,18H,1-4H3,(H,16,20)/t10-/m0/s1. The van der Waals surface area contributed by atoms with E-state index in [0.29, 0.717) is 28.5 Å². The van der Waals surface area contributed by atoms with Crippen LogP contribution in [0.15, 0.2) is 23.1 Å². The van der Waals surface area contributed by atoms with Gasteiger partial charge in [-0.1, -0.05) is 0 Å². The maximum atomic E-state index is 12.7. The molecular formula is C15H18N4O4S. The van der Waals surface area contributed by atoms with Crippen molar-refractivity contribution >= 4 is 27.3 Å². The average Bonchev–Trinajstić information content (AvgIpc) is 2.73. The van der Waals surface area contributed by atoms with Crippen LogP contribution in [0.5, 0.6) is 5.75 Å². The van der Waals surface area contributed by atoms with E-state index in [1.807, 2.05) is 0 Å². The number of sulfonamides is 1. The van der Waals surface area contributed by atoms with Gasteiger partial charge in [-0.2, -0.15) is 5.10 Å². The number of carbonyl (C=O) groups excluding carboxylic acids is 1. The third-order valence-electron chi connectivity index (χ3n) is 3.87. The molecule has 0 unspecified atom stereocenters. The van der Waals surface area contributed by atoms with E-state index in [-0.39, 0.29) is 10.8 Å². The Morgan fingerprint density at radius 3 is 2.67 bits per heavy atom. The summed E-state index contributed by atoms with van der Waals surface area (Å²) >= 11 is 0. The molecule has 0 spiro atoms. The Kier molecular flexibility index (Phi) is 3.75. The molecule has 0 bridgehead atoms. The molecule has 1 amide bonds. The lowest BCUT2D eigenvalue weighted by Crippen LogP contribution is -2.34. The van der Waals surface area contributed by atoms with Gasteiger partial charge < -0.3 is 10.1 Å². The SMILES string of the molecule is Cc1nn(C)c(C)c1S(=O)(=O)Nc1ccc2c(c1)NC(=O)[C@H](C)O2. The molecule has 0 saturated heterocycles. The van der Waals surface area contributed by atoms with Gasteiger partial charge in [0.2, 0.25) is 0 Å². The summed E-state index contributed by atoms with van der Waals surface area (Å²) in [5, 5.41) is 6.81. The van der Waals surface area contributed by atoms with Crippen LogP contribution >= 0.6 is 0 Å². The molecule has 0 saturated carbocycles. The van der Waals surface area contributed by atoms with Gasteiger partial charge in [0, 0.05) is 7.05 Å². The van der Waals surface area contributed by atoms with Crippen LogP contribution in [0.3, 0.4) is 0 Å². The van der Waals surface area contributed by atoms with Gasteiger partial charge in [0.1, 0.15) is 10.6 Å². The molecule has 8 nitrogen and oxygen atoms in total. The molecule has 24 heavy (non-hydrogen) atoms. The first kappa shape index (κ1) is 16.3. The molecule has 1 aromatic carbocycles. The number of fused-ring (bicyclic) bond motifs is 1. The second-order valence-electron chi connectivity index (χ2n) is 5.69. The fourth-order valence-electron chi connectivity index (χ4n) is 2.62. The quantitative estimate of drug-likeness (QED) is 0.874. The van der Waals surface area contributed by atoms with Crippen molar-refractivity contribution in [3.63, 3.8) is 0 Å². The average molecular weight is 350 g/mol. The van der Waals surface area contributed by atoms with Crippen LogP contribution < -0.4 is 14.8 Å². The number of aryl methyl sites for hydroxylation is 2. The van der Waals surface area contributed by atoms with Crippen molar-refractivity contribution in [3.05, 3.63) is 29.6 Å². The van der Waals surface area contributed by atoms with E-state index in [4.69, 9.17) is 4.74 Å². The number of benzene rings is 1. The fourth-order valence-corrected chi connectivity index (χ4v) is 4.11. The van der Waals surface area contributed by atoms with Crippen molar-refractivity contribution in [3.8, 4) is 5.75 Å². The summed E-state index contributed by atoms with van der Waals surface area (Å²) in [6.45, 7) is 4.98. The van der Waals surface area contributed by atoms with Crippen LogP contribution in [-0.4, -0.2) is 30.2 Å². The van der Waals surface area contributed by atoms with Gasteiger partial charge in [-0.05, 0) is 39.0 Å². The number of carbonyl (C=O) groups is 1. The van der Waals surface area contributed by atoms with Gasteiger partial charge in [0.05, 0.1) is 22.8 Å². The van der Waals surface area contributed by atoms with Crippen LogP contribution in [0.25, 0.3) is 0 Å². The second kappa shape index (κ2) is 5.52. The first-order valence-electron chi connectivity index (χ1n) is 7.33. The first-order valence-corrected chi connectivity index (χ1v) is 8.82. The van der Waals surface area contributed by atoms with Gasteiger partial charge in [0.25, 0.3) is 15.9 Å². The van der Waals surface area contributed by atoms with Crippen LogP contribution in [0.1, 0.15) is 18.3 Å². The molecular weight excluding hydrogens is 332 g/mol. The number of rotatable bonds is 3. The van der Waals surface area contributed by atoms with Crippen LogP contribution in [0.4, 0.5) is 11.4 Å². The summed E-state index contributed by atoms with van der Waals surface area (Å²) in [4.78, 5) is 11.8. The Hall–Kier alpha value is -2.55. The highest BCUT2D eigenvalue weighted by Gasteiger charge is 2.26. The molecule has 0 fully saturated rings. The third kappa shape index (κ3) is 2.71. The number of amides is 1. The monoisotopic (exact) mass is 350 g/mol. The predicted octanol–water partition coefficient (Wildman–Crippen LogP) is 1.56. The first-order chi connectivity index (χ1) is 11.2. The zero-order chi connectivity index (χ0) is 17.6. The molecule has 2 N–H and O–H groups in total. The number of hydrogen-bond acceptors (Lipinski definition) is 5. The van der Waals surface area contributed by atoms with Gasteiger partial charge in [-0.25, -0.2) is 8.42 Å². The number of nitrogens with zero attached hydrogens (tertiary/aromatic N) is 2. The largest absolute Gasteiger partial charge is 0.479 e. The Balaban J connectivity index is 1.94. The summed E-state index contributed by atoms with van der Waals surface area (Å²) in [5.41, 5.74) is 1.72. The Morgan fingerprint density at radius 1 is 1.33 bits per heavy atom. The van der Waals surface area contributed by atoms with E-state index in [1.165, 1.54) is 10.7 Å². The van der Waals surface area contributed by atoms with Crippen LogP contribution in [0, 0.1) is 13.8 Å². The van der Waals surface area contributed by atoms with Crippen molar-refractivity contribution < 1.29 is 17.9 Å². The molecule has 1 atom stereocenters. The zero-order valence-electron chi connectivity index (χ0n) is 13.7. The van der Waals surface area contributed by atoms with Crippen LogP contribution in [-0.2, 0) is 21.9 Å². The van der Waals surface area contributed by atoms with Gasteiger partial charge >= 0.3 is 0 Å². The maximum absolute atomic E-state index is 12.7. The summed E-state index contributed by atoms with van der Waals surface area (Å²) in [6, 6.07) is 4.73. The minimum absolute atomic E-state index is 0.150. The fraction of sp³-hybridized carbons (Fsp3) is 0.333. The lowest BCUT2D eigenvalue weighted by atomic mass is 10.2. The van der Waals surface area contributed by atoms with E-state index < -0.39 is 16.1 Å². The molecule has 0 radical (unpaired) electrons. The molecule has 128 valence electrons. The topological polar surface area (TPSA) is 102 Å². The minimum Gasteiger partial charge on any atom is -0.479 e. The van der Waals surface area contributed by atoms with Crippen molar-refractivity contribution in [2.45, 2.75) is 31.8 Å². The highest BCUT2D eigenvalue weighted by atomic mass is 32.2. The smallest absolute Gasteiger partial charge is 0.265 e. The summed E-state index contributed by atoms with van der Waals surface area (Å²) in [5.74, 6) is 0.222. The molecule has 0 aliphatic carbocycles. The summed E-state index contributed by atoms with van der Waals surface area (Å²) in [7, 11) is -2.10. The predicted molar refractivity (Wildman–Crippen MR) is 88.7 cm³/mol. The number of aromatic nitrogens is 2. The molecule has 9 heteroatoms. The highest BCUT2D eigenvalue weighted by molar-refractivity contribution is 7.92. The van der Waals surface area contributed by atoms with E-state index >= 15 is 0 Å². The molecule has 2 heterocycles. The Labute approximate surface area is 139 Å². The number of anilines is 2. The lowest BCUT2D eigenvalue weighted by molar-refractivity contribution is -0.122. The summed E-state index contributed by atoms with van der Waals surface area (Å²) < 4.78 is 34.8. The van der Waals surface area contributed by atoms with Gasteiger partial charge in [-0.15, -0.1) is 0 Å². The number of ether oxygens (including phenoxy) is 1. The lowest BCUT2D eigenvalue weighted by Gasteiger charge is -2.23. The van der Waals surface area contributed by atoms with Crippen molar-refractivity contribution in [2.24, 2.45) is 7.05 Å². The van der Waals surface area contributed by atoms with E-state index in [2.05, 4.69) is 15.1 Å². The normalized spacial score (nSPS) is 17.0. The number of hydrogen-bond donors (Lipinski definition) is 2. The summed E-state index contributed by atoms with van der Waals surface area (Å²) in [6.07, 6.45) is -0.583. The molecule has 1 aliphatic heterocycles. The second-order valence-corrected chi connectivity index (χ2v) is 7.31. The maximum Gasteiger partial charge on any atom is 0.265 e. The molecule has 1 aromatic heterocycles. The highest BCUT2D eigenvalue weighted by Crippen LogP contribution is 2.33. The van der Waals surface area contributed by atoms with Crippen LogP contribution in [0.2, 0.25) is 0 Å². The molecule has 1 aliphatic rings. The number of nitrogens with one attached hydrogen (secondary N) is 2. The van der Waals surface area contributed by atoms with Crippen molar-refractivity contribution in [1.82, 2.24) is 9.78 Å². The third-order valence-corrected chi connectivity index (χ3v) is 5.51. The Bertz CT molecular complexity index is 933. The minimum atomic E-state index is -3.79.